The summed E-state index contributed by atoms with van der Waals surface area (Å²) in [5, 5.41) is 27.6. The van der Waals surface area contributed by atoms with Crippen LogP contribution < -0.4 is 0 Å². The van der Waals surface area contributed by atoms with E-state index in [1.54, 1.807) is 7.05 Å². The van der Waals surface area contributed by atoms with Crippen LogP contribution in [0.25, 0.3) is 0 Å². The van der Waals surface area contributed by atoms with Crippen LogP contribution >= 0.6 is 0 Å². The molecule has 0 aromatic carbocycles. The minimum Gasteiger partial charge on any atom is -0.505 e. The maximum atomic E-state index is 9.49. The third-order valence-electron chi connectivity index (χ3n) is 1.83. The van der Waals surface area contributed by atoms with E-state index < -0.39 is 11.5 Å². The van der Waals surface area contributed by atoms with Gasteiger partial charge >= 0.3 is 0 Å². The summed E-state index contributed by atoms with van der Waals surface area (Å²) in [6.07, 6.45) is 2.79. The Labute approximate surface area is 64.7 Å². The first-order valence-corrected chi connectivity index (χ1v) is 3.22. The van der Waals surface area contributed by atoms with Crippen LogP contribution in [0, 0.1) is 0 Å². The largest absolute Gasteiger partial charge is 0.505 e. The maximum absolute atomic E-state index is 9.49. The summed E-state index contributed by atoms with van der Waals surface area (Å²) in [6.45, 7) is 1.39. The summed E-state index contributed by atoms with van der Waals surface area (Å²) in [5.74, 6) is -0.726. The highest BCUT2D eigenvalue weighted by Gasteiger charge is 2.34. The number of likely N-dealkylation sites (N-methyl/N-ethyl adjacent to an activating group) is 1. The molecule has 1 aliphatic heterocycles. The molecule has 1 heterocycles. The molecule has 1 atom stereocenters. The van der Waals surface area contributed by atoms with E-state index in [-0.39, 0.29) is 5.76 Å². The van der Waals surface area contributed by atoms with Crippen LogP contribution in [0.1, 0.15) is 6.92 Å². The highest BCUT2D eigenvalue weighted by molar-refractivity contribution is 5.24. The summed E-state index contributed by atoms with van der Waals surface area (Å²) in [7, 11) is 1.60. The third kappa shape index (κ3) is 1.05. The quantitative estimate of drug-likeness (QED) is 0.478. The molecule has 0 bridgehead atoms. The summed E-state index contributed by atoms with van der Waals surface area (Å²) < 4.78 is 0. The smallest absolute Gasteiger partial charge is 0.197 e. The van der Waals surface area contributed by atoms with Crippen molar-refractivity contribution in [1.82, 2.24) is 4.90 Å². The standard InChI is InChI=1S/C7H11NO3/c1-7(11)6(10)5(9)3-4-8(7)2/h3-4,9-11H,1-2H3. The van der Waals surface area contributed by atoms with Gasteiger partial charge in [-0.15, -0.1) is 0 Å². The molecule has 4 nitrogen and oxygen atoms in total. The number of allylic oxidation sites excluding steroid dienone is 1. The molecule has 0 fully saturated rings. The van der Waals surface area contributed by atoms with Gasteiger partial charge in [-0.25, -0.2) is 0 Å². The van der Waals surface area contributed by atoms with E-state index in [4.69, 9.17) is 10.2 Å². The van der Waals surface area contributed by atoms with Gasteiger partial charge in [0.05, 0.1) is 0 Å². The van der Waals surface area contributed by atoms with Crippen molar-refractivity contribution >= 4 is 0 Å². The first-order valence-electron chi connectivity index (χ1n) is 3.22. The Balaban J connectivity index is 3.07. The molecule has 62 valence electrons. The van der Waals surface area contributed by atoms with Gasteiger partial charge in [-0.2, -0.15) is 0 Å². The van der Waals surface area contributed by atoms with Gasteiger partial charge < -0.3 is 20.2 Å². The Kier molecular flexibility index (Phi) is 1.56. The summed E-state index contributed by atoms with van der Waals surface area (Å²) in [6, 6.07) is 0. The second-order valence-corrected chi connectivity index (χ2v) is 2.68. The average Bonchev–Trinajstić information content (AvgIpc) is 1.95. The molecule has 0 aliphatic carbocycles. The zero-order valence-corrected chi connectivity index (χ0v) is 6.44. The van der Waals surface area contributed by atoms with E-state index >= 15 is 0 Å². The van der Waals surface area contributed by atoms with E-state index in [1.165, 1.54) is 24.1 Å². The molecule has 1 aliphatic rings. The second-order valence-electron chi connectivity index (χ2n) is 2.68. The van der Waals surface area contributed by atoms with Crippen molar-refractivity contribution in [2.45, 2.75) is 12.6 Å². The molecular formula is C7H11NO3. The second kappa shape index (κ2) is 2.17. The fraction of sp³-hybridized carbons (Fsp3) is 0.429. The molecule has 0 amide bonds. The fourth-order valence-electron chi connectivity index (χ4n) is 0.816. The molecule has 4 heteroatoms. The lowest BCUT2D eigenvalue weighted by atomic mass is 10.1. The highest BCUT2D eigenvalue weighted by Crippen LogP contribution is 2.24. The minimum atomic E-state index is -1.50. The van der Waals surface area contributed by atoms with Crippen LogP contribution in [-0.2, 0) is 0 Å². The number of rotatable bonds is 0. The van der Waals surface area contributed by atoms with Crippen molar-refractivity contribution in [3.05, 3.63) is 23.8 Å². The van der Waals surface area contributed by atoms with Crippen molar-refractivity contribution < 1.29 is 15.3 Å². The van der Waals surface area contributed by atoms with Gasteiger partial charge in [0.2, 0.25) is 0 Å². The molecule has 11 heavy (non-hydrogen) atoms. The average molecular weight is 157 g/mol. The lowest BCUT2D eigenvalue weighted by molar-refractivity contribution is -0.0581. The van der Waals surface area contributed by atoms with Crippen LogP contribution in [0.4, 0.5) is 0 Å². The number of nitrogens with zero attached hydrogens (tertiary/aromatic N) is 1. The number of aliphatic hydroxyl groups excluding tert-OH is 2. The minimum absolute atomic E-state index is 0.298. The van der Waals surface area contributed by atoms with Gasteiger partial charge in [0.15, 0.2) is 17.2 Å². The molecule has 0 radical (unpaired) electrons. The van der Waals surface area contributed by atoms with Crippen molar-refractivity contribution in [2.24, 2.45) is 0 Å². The molecule has 1 rings (SSSR count). The lowest BCUT2D eigenvalue weighted by Crippen LogP contribution is -2.44. The fourth-order valence-corrected chi connectivity index (χ4v) is 0.816. The summed E-state index contributed by atoms with van der Waals surface area (Å²) >= 11 is 0. The van der Waals surface area contributed by atoms with E-state index in [0.717, 1.165) is 0 Å². The normalized spacial score (nSPS) is 31.4. The number of hydrogen-bond donors (Lipinski definition) is 3. The molecule has 0 saturated heterocycles. The first-order chi connectivity index (χ1) is 4.96. The zero-order valence-electron chi connectivity index (χ0n) is 6.44. The van der Waals surface area contributed by atoms with Crippen LogP contribution in [0.2, 0.25) is 0 Å². The molecule has 0 saturated carbocycles. The van der Waals surface area contributed by atoms with E-state index in [9.17, 15) is 5.11 Å². The predicted molar refractivity (Wildman–Crippen MR) is 39.8 cm³/mol. The number of aliphatic hydroxyl groups is 3. The van der Waals surface area contributed by atoms with Crippen molar-refractivity contribution in [3.8, 4) is 0 Å². The van der Waals surface area contributed by atoms with Crippen LogP contribution in [-0.4, -0.2) is 33.0 Å². The Morgan fingerprint density at radius 2 is 2.00 bits per heavy atom. The van der Waals surface area contributed by atoms with Gasteiger partial charge in [-0.05, 0) is 13.0 Å². The summed E-state index contributed by atoms with van der Waals surface area (Å²) in [5.41, 5.74) is -1.50. The molecular weight excluding hydrogens is 146 g/mol. The van der Waals surface area contributed by atoms with Gasteiger partial charge in [0.25, 0.3) is 0 Å². The van der Waals surface area contributed by atoms with E-state index in [2.05, 4.69) is 0 Å². The lowest BCUT2D eigenvalue weighted by Gasteiger charge is -2.34. The molecule has 0 aromatic rings. The third-order valence-corrected chi connectivity index (χ3v) is 1.83. The Hall–Kier alpha value is -1.16. The topological polar surface area (TPSA) is 63.9 Å². The van der Waals surface area contributed by atoms with E-state index in [0.29, 0.717) is 0 Å². The van der Waals surface area contributed by atoms with Gasteiger partial charge in [-0.3, -0.25) is 0 Å². The number of hydrogen-bond acceptors (Lipinski definition) is 4. The van der Waals surface area contributed by atoms with Crippen LogP contribution in [0.15, 0.2) is 23.8 Å². The molecule has 3 N–H and O–H groups in total. The van der Waals surface area contributed by atoms with Crippen molar-refractivity contribution in [3.63, 3.8) is 0 Å². The predicted octanol–water partition coefficient (Wildman–Crippen LogP) is 0.482. The van der Waals surface area contributed by atoms with Crippen molar-refractivity contribution in [1.29, 1.82) is 0 Å². The SMILES string of the molecule is CN1C=CC(O)=C(O)C1(C)O. The van der Waals surface area contributed by atoms with E-state index in [1.807, 2.05) is 0 Å². The molecule has 0 aromatic heterocycles. The zero-order chi connectivity index (χ0) is 8.65. The van der Waals surface area contributed by atoms with Gasteiger partial charge in [0.1, 0.15) is 0 Å². The van der Waals surface area contributed by atoms with Crippen LogP contribution in [0.3, 0.4) is 0 Å². The Morgan fingerprint density at radius 3 is 2.45 bits per heavy atom. The van der Waals surface area contributed by atoms with Gasteiger partial charge in [-0.1, -0.05) is 0 Å². The van der Waals surface area contributed by atoms with Gasteiger partial charge in [0, 0.05) is 13.2 Å². The molecule has 1 unspecified atom stereocenters. The Bertz CT molecular complexity index is 230. The Morgan fingerprint density at radius 1 is 1.45 bits per heavy atom. The monoisotopic (exact) mass is 157 g/mol. The first kappa shape index (κ1) is 7.94. The summed E-state index contributed by atoms with van der Waals surface area (Å²) in [4.78, 5) is 1.39. The maximum Gasteiger partial charge on any atom is 0.197 e. The molecule has 0 spiro atoms. The highest BCUT2D eigenvalue weighted by atomic mass is 16.4. The van der Waals surface area contributed by atoms with Crippen molar-refractivity contribution in [2.75, 3.05) is 7.05 Å². The van der Waals surface area contributed by atoms with Crippen LogP contribution in [0.5, 0.6) is 0 Å².